The quantitative estimate of drug-likeness (QED) is 0.516. The largest absolute Gasteiger partial charge is 0.322 e. The molecule has 0 radical (unpaired) electrons. The number of nitrogens with one attached hydrogen (secondary N) is 1. The molecule has 0 fully saturated rings. The summed E-state index contributed by atoms with van der Waals surface area (Å²) in [5, 5.41) is 20.9. The number of carbonyl (C=O) groups is 1. The number of non-ortho nitro benzene ring substituents is 1. The molecule has 0 aliphatic heterocycles. The van der Waals surface area contributed by atoms with E-state index in [1.54, 1.807) is 30.3 Å². The van der Waals surface area contributed by atoms with Crippen LogP contribution in [-0.2, 0) is 9.84 Å². The van der Waals surface area contributed by atoms with E-state index in [1.807, 2.05) is 0 Å². The summed E-state index contributed by atoms with van der Waals surface area (Å²) in [4.78, 5) is 22.5. The molecule has 0 saturated heterocycles. The Hall–Kier alpha value is -3.66. The summed E-state index contributed by atoms with van der Waals surface area (Å²) in [6, 6.07) is 15.0. The minimum atomic E-state index is -3.42. The molecule has 0 unspecified atom stereocenters. The molecule has 9 nitrogen and oxygen atoms in total. The van der Waals surface area contributed by atoms with Gasteiger partial charge in [0.2, 0.25) is 0 Å². The summed E-state index contributed by atoms with van der Waals surface area (Å²) >= 11 is 0. The molecule has 0 saturated carbocycles. The van der Waals surface area contributed by atoms with Crippen LogP contribution in [0.15, 0.2) is 65.7 Å². The van der Waals surface area contributed by atoms with Crippen LogP contribution in [0.3, 0.4) is 0 Å². The van der Waals surface area contributed by atoms with Gasteiger partial charge in [-0.25, -0.2) is 8.42 Å². The molecule has 28 heavy (non-hydrogen) atoms. The summed E-state index contributed by atoms with van der Waals surface area (Å²) in [5.41, 5.74) is 1.64. The number of nitro groups is 1. The number of hydrogen-bond acceptors (Lipinski definition) is 7. The molecule has 3 rings (SSSR count). The smallest absolute Gasteiger partial charge is 0.270 e. The second kappa shape index (κ2) is 7.53. The lowest BCUT2D eigenvalue weighted by Crippen LogP contribution is -2.12. The maximum atomic E-state index is 12.3. The third kappa shape index (κ3) is 4.35. The van der Waals surface area contributed by atoms with Crippen LogP contribution in [0.25, 0.3) is 11.3 Å². The fraction of sp³-hybridized carbons (Fsp3) is 0.0556. The van der Waals surface area contributed by atoms with Crippen molar-refractivity contribution in [2.45, 2.75) is 5.03 Å². The summed E-state index contributed by atoms with van der Waals surface area (Å²) in [5.74, 6) is -0.478. The maximum Gasteiger partial charge on any atom is 0.270 e. The van der Waals surface area contributed by atoms with Crippen molar-refractivity contribution in [2.24, 2.45) is 0 Å². The Morgan fingerprint density at radius 3 is 2.32 bits per heavy atom. The van der Waals surface area contributed by atoms with Crippen LogP contribution in [0, 0.1) is 10.1 Å². The molecular formula is C18H14N4O5S. The lowest BCUT2D eigenvalue weighted by molar-refractivity contribution is -0.384. The van der Waals surface area contributed by atoms with E-state index in [-0.39, 0.29) is 16.3 Å². The molecule has 3 aromatic rings. The number of benzene rings is 2. The average molecular weight is 398 g/mol. The van der Waals surface area contributed by atoms with E-state index in [0.29, 0.717) is 16.9 Å². The highest BCUT2D eigenvalue weighted by atomic mass is 32.2. The normalized spacial score (nSPS) is 11.0. The molecule has 1 amide bonds. The van der Waals surface area contributed by atoms with Crippen molar-refractivity contribution in [3.05, 3.63) is 76.3 Å². The molecule has 2 aromatic carbocycles. The van der Waals surface area contributed by atoms with Crippen LogP contribution in [0.4, 0.5) is 11.4 Å². The Morgan fingerprint density at radius 2 is 1.75 bits per heavy atom. The van der Waals surface area contributed by atoms with E-state index >= 15 is 0 Å². The first-order valence-corrected chi connectivity index (χ1v) is 9.83. The summed E-state index contributed by atoms with van der Waals surface area (Å²) in [6.07, 6.45) is 1.05. The van der Waals surface area contributed by atoms with Crippen molar-refractivity contribution < 1.29 is 18.1 Å². The van der Waals surface area contributed by atoms with E-state index in [1.165, 1.54) is 30.3 Å². The van der Waals surface area contributed by atoms with Gasteiger partial charge in [-0.05, 0) is 30.3 Å². The van der Waals surface area contributed by atoms with E-state index in [9.17, 15) is 23.3 Å². The zero-order valence-corrected chi connectivity index (χ0v) is 15.4. The van der Waals surface area contributed by atoms with Gasteiger partial charge in [-0.3, -0.25) is 14.9 Å². The number of anilines is 1. The van der Waals surface area contributed by atoms with E-state index < -0.39 is 20.7 Å². The first kappa shape index (κ1) is 19.1. The van der Waals surface area contributed by atoms with Crippen LogP contribution < -0.4 is 5.32 Å². The Morgan fingerprint density at radius 1 is 1.04 bits per heavy atom. The van der Waals surface area contributed by atoms with Crippen molar-refractivity contribution in [3.63, 3.8) is 0 Å². The monoisotopic (exact) mass is 398 g/mol. The fourth-order valence-corrected chi connectivity index (χ4v) is 2.86. The van der Waals surface area contributed by atoms with Crippen molar-refractivity contribution in [1.82, 2.24) is 10.2 Å². The highest BCUT2D eigenvalue weighted by molar-refractivity contribution is 7.90. The van der Waals surface area contributed by atoms with Gasteiger partial charge in [-0.15, -0.1) is 10.2 Å². The lowest BCUT2D eigenvalue weighted by Gasteiger charge is -2.07. The zero-order chi connectivity index (χ0) is 20.3. The van der Waals surface area contributed by atoms with Crippen molar-refractivity contribution >= 4 is 27.1 Å². The number of hydrogen-bond donors (Lipinski definition) is 1. The van der Waals surface area contributed by atoms with E-state index in [4.69, 9.17) is 0 Å². The first-order valence-electron chi connectivity index (χ1n) is 7.94. The molecule has 1 N–H and O–H groups in total. The average Bonchev–Trinajstić information content (AvgIpc) is 2.68. The number of carbonyl (C=O) groups excluding carboxylic acids is 1. The predicted molar refractivity (Wildman–Crippen MR) is 102 cm³/mol. The van der Waals surface area contributed by atoms with Crippen LogP contribution in [0.2, 0.25) is 0 Å². The molecule has 0 bridgehead atoms. The molecule has 1 aromatic heterocycles. The third-order valence-corrected chi connectivity index (χ3v) is 4.76. The molecule has 142 valence electrons. The predicted octanol–water partition coefficient (Wildman–Crippen LogP) is 2.71. The maximum absolute atomic E-state index is 12.3. The van der Waals surface area contributed by atoms with Gasteiger partial charge in [0.05, 0.1) is 10.6 Å². The van der Waals surface area contributed by atoms with Gasteiger partial charge in [0.25, 0.3) is 11.6 Å². The second-order valence-electron chi connectivity index (χ2n) is 5.87. The molecule has 0 spiro atoms. The van der Waals surface area contributed by atoms with Gasteiger partial charge >= 0.3 is 0 Å². The Balaban J connectivity index is 1.75. The van der Waals surface area contributed by atoms with E-state index in [0.717, 1.165) is 6.26 Å². The summed E-state index contributed by atoms with van der Waals surface area (Å²) in [7, 11) is -3.42. The molecule has 0 aliphatic carbocycles. The van der Waals surface area contributed by atoms with Crippen LogP contribution in [0.1, 0.15) is 10.4 Å². The summed E-state index contributed by atoms with van der Waals surface area (Å²) in [6.45, 7) is 0. The second-order valence-corrected chi connectivity index (χ2v) is 7.83. The van der Waals surface area contributed by atoms with Gasteiger partial charge in [-0.2, -0.15) is 0 Å². The highest BCUT2D eigenvalue weighted by Gasteiger charge is 2.12. The number of nitrogens with zero attached hydrogens (tertiary/aromatic N) is 3. The number of aromatic nitrogens is 2. The molecular weight excluding hydrogens is 384 g/mol. The standard InChI is InChI=1S/C18H14N4O5S/c1-28(26,27)17-10-9-16(20-21-17)12-5-7-14(8-6-12)19-18(23)13-3-2-4-15(11-13)22(24)25/h2-11H,1H3,(H,19,23). The minimum absolute atomic E-state index is 0.114. The molecule has 0 atom stereocenters. The topological polar surface area (TPSA) is 132 Å². The van der Waals surface area contributed by atoms with Crippen LogP contribution in [-0.4, -0.2) is 35.7 Å². The van der Waals surface area contributed by atoms with Gasteiger partial charge in [0.15, 0.2) is 14.9 Å². The van der Waals surface area contributed by atoms with Gasteiger partial charge in [0, 0.05) is 35.2 Å². The molecule has 10 heteroatoms. The number of sulfone groups is 1. The third-order valence-electron chi connectivity index (χ3n) is 3.78. The zero-order valence-electron chi connectivity index (χ0n) is 14.6. The SMILES string of the molecule is CS(=O)(=O)c1ccc(-c2ccc(NC(=O)c3cccc([N+](=O)[O-])c3)cc2)nn1. The minimum Gasteiger partial charge on any atom is -0.322 e. The summed E-state index contributed by atoms with van der Waals surface area (Å²) < 4.78 is 22.8. The van der Waals surface area contributed by atoms with Crippen LogP contribution >= 0.6 is 0 Å². The Bertz CT molecular complexity index is 1140. The van der Waals surface area contributed by atoms with Gasteiger partial charge in [-0.1, -0.05) is 18.2 Å². The van der Waals surface area contributed by atoms with E-state index in [2.05, 4.69) is 15.5 Å². The van der Waals surface area contributed by atoms with Gasteiger partial charge < -0.3 is 5.32 Å². The molecule has 1 heterocycles. The van der Waals surface area contributed by atoms with Crippen LogP contribution in [0.5, 0.6) is 0 Å². The van der Waals surface area contributed by atoms with Gasteiger partial charge in [0.1, 0.15) is 0 Å². The first-order chi connectivity index (χ1) is 13.2. The number of rotatable bonds is 5. The lowest BCUT2D eigenvalue weighted by atomic mass is 10.1. The van der Waals surface area contributed by atoms with Crippen molar-refractivity contribution in [3.8, 4) is 11.3 Å². The Labute approximate surface area is 160 Å². The Kier molecular flexibility index (Phi) is 5.14. The highest BCUT2D eigenvalue weighted by Crippen LogP contribution is 2.21. The van der Waals surface area contributed by atoms with Crippen molar-refractivity contribution in [2.75, 3.05) is 11.6 Å². The molecule has 0 aliphatic rings. The fourth-order valence-electron chi connectivity index (χ4n) is 2.36. The number of amides is 1. The number of nitro benzene ring substituents is 1. The van der Waals surface area contributed by atoms with Crippen molar-refractivity contribution in [1.29, 1.82) is 0 Å².